The Morgan fingerprint density at radius 3 is 2.21 bits per heavy atom. The summed E-state index contributed by atoms with van der Waals surface area (Å²) < 4.78 is 17.6. The first-order valence-corrected chi connectivity index (χ1v) is 8.36. The minimum absolute atomic E-state index is 0.481. The largest absolute Gasteiger partial charge is 0.537 e. The van der Waals surface area contributed by atoms with Crippen LogP contribution >= 0.6 is 0 Å². The molecule has 0 unspecified atom stereocenters. The molecule has 19 heavy (non-hydrogen) atoms. The van der Waals surface area contributed by atoms with Crippen LogP contribution in [0.15, 0.2) is 30.3 Å². The van der Waals surface area contributed by atoms with Crippen molar-refractivity contribution in [2.24, 2.45) is 0 Å². The molecule has 0 aromatic heterocycles. The van der Waals surface area contributed by atoms with Crippen molar-refractivity contribution in [3.05, 3.63) is 30.3 Å². The zero-order valence-corrected chi connectivity index (χ0v) is 12.6. The third-order valence-electron chi connectivity index (χ3n) is 2.52. The summed E-state index contributed by atoms with van der Waals surface area (Å²) in [6, 6.07) is 11.9. The van der Waals surface area contributed by atoms with Gasteiger partial charge in [0.25, 0.3) is 0 Å². The van der Waals surface area contributed by atoms with Gasteiger partial charge in [0.1, 0.15) is 0 Å². The summed E-state index contributed by atoms with van der Waals surface area (Å²) in [4.78, 5) is 0. The van der Waals surface area contributed by atoms with E-state index in [9.17, 15) is 0 Å². The number of hydrogen-bond donors (Lipinski definition) is 0. The Labute approximate surface area is 116 Å². The normalized spacial score (nSPS) is 11.2. The van der Waals surface area contributed by atoms with Crippen LogP contribution in [0.1, 0.15) is 26.7 Å². The molecule has 4 nitrogen and oxygen atoms in total. The Kier molecular flexibility index (Phi) is 7.37. The van der Waals surface area contributed by atoms with Crippen LogP contribution in [0, 0.1) is 11.3 Å². The van der Waals surface area contributed by atoms with Crippen molar-refractivity contribution in [1.82, 2.24) is 0 Å². The lowest BCUT2D eigenvalue weighted by Crippen LogP contribution is -2.57. The first-order chi connectivity index (χ1) is 9.29. The molecule has 0 aliphatic carbocycles. The molecule has 5 heteroatoms. The Morgan fingerprint density at radius 1 is 1.05 bits per heavy atom. The maximum Gasteiger partial charge on any atom is 0.537 e. The zero-order valence-electron chi connectivity index (χ0n) is 11.6. The van der Waals surface area contributed by atoms with E-state index >= 15 is 0 Å². The molecule has 0 bridgehead atoms. The van der Waals surface area contributed by atoms with Crippen LogP contribution in [0.25, 0.3) is 0 Å². The molecular formula is C14H21NO3Si. The number of rotatable bonds is 9. The molecule has 0 N–H and O–H groups in total. The molecule has 0 aliphatic heterocycles. The van der Waals surface area contributed by atoms with Crippen LogP contribution in [0.3, 0.4) is 0 Å². The SMILES string of the molecule is CCO[Si](OCC)(OCCCC#N)c1ccccc1. The molecule has 0 radical (unpaired) electrons. The fourth-order valence-electron chi connectivity index (χ4n) is 1.76. The second kappa shape index (κ2) is 8.83. The standard InChI is InChI=1S/C14H21NO3Si/c1-3-16-19(17-4-2,18-13-9-8-12-15)14-10-6-5-7-11-14/h5-7,10-11H,3-4,8-9,13H2,1-2H3. The van der Waals surface area contributed by atoms with Crippen LogP contribution < -0.4 is 5.19 Å². The van der Waals surface area contributed by atoms with Gasteiger partial charge in [0, 0.05) is 31.4 Å². The number of benzene rings is 1. The van der Waals surface area contributed by atoms with Crippen molar-refractivity contribution in [3.8, 4) is 6.07 Å². The van der Waals surface area contributed by atoms with E-state index in [1.165, 1.54) is 0 Å². The second-order valence-corrected chi connectivity index (χ2v) is 6.45. The molecule has 0 amide bonds. The first-order valence-electron chi connectivity index (χ1n) is 6.63. The van der Waals surface area contributed by atoms with Gasteiger partial charge in [0.15, 0.2) is 0 Å². The molecule has 1 rings (SSSR count). The summed E-state index contributed by atoms with van der Waals surface area (Å²) in [6.45, 7) is 5.43. The highest BCUT2D eigenvalue weighted by Gasteiger charge is 2.43. The lowest BCUT2D eigenvalue weighted by atomic mass is 10.4. The number of nitriles is 1. The average molecular weight is 279 g/mol. The summed E-state index contributed by atoms with van der Waals surface area (Å²) in [5.74, 6) is 0. The van der Waals surface area contributed by atoms with Crippen molar-refractivity contribution in [2.75, 3.05) is 19.8 Å². The van der Waals surface area contributed by atoms with Crippen LogP contribution in [-0.4, -0.2) is 28.6 Å². The quantitative estimate of drug-likeness (QED) is 0.514. The number of hydrogen-bond acceptors (Lipinski definition) is 4. The third kappa shape index (κ3) is 4.77. The summed E-state index contributed by atoms with van der Waals surface area (Å²) in [6.07, 6.45) is 1.18. The van der Waals surface area contributed by atoms with Gasteiger partial charge in [-0.1, -0.05) is 30.3 Å². The Bertz CT molecular complexity index is 385. The lowest BCUT2D eigenvalue weighted by molar-refractivity contribution is 0.0807. The molecule has 0 atom stereocenters. The van der Waals surface area contributed by atoms with Crippen molar-refractivity contribution in [3.63, 3.8) is 0 Å². The van der Waals surface area contributed by atoms with E-state index in [0.717, 1.165) is 5.19 Å². The van der Waals surface area contributed by atoms with Gasteiger partial charge in [0.2, 0.25) is 0 Å². The monoisotopic (exact) mass is 279 g/mol. The Hall–Kier alpha value is -1.19. The third-order valence-corrected chi connectivity index (χ3v) is 5.48. The van der Waals surface area contributed by atoms with Crippen molar-refractivity contribution in [1.29, 1.82) is 5.26 Å². The molecule has 1 aromatic rings. The molecule has 0 saturated heterocycles. The van der Waals surface area contributed by atoms with E-state index in [0.29, 0.717) is 32.7 Å². The van der Waals surface area contributed by atoms with Crippen LogP contribution in [0.2, 0.25) is 0 Å². The second-order valence-electron chi connectivity index (χ2n) is 3.90. The molecule has 0 saturated carbocycles. The highest BCUT2D eigenvalue weighted by atomic mass is 28.4. The van der Waals surface area contributed by atoms with Gasteiger partial charge < -0.3 is 13.3 Å². The number of unbranched alkanes of at least 4 members (excludes halogenated alkanes) is 1. The van der Waals surface area contributed by atoms with E-state index in [-0.39, 0.29) is 0 Å². The van der Waals surface area contributed by atoms with Crippen molar-refractivity contribution in [2.45, 2.75) is 26.7 Å². The highest BCUT2D eigenvalue weighted by molar-refractivity contribution is 6.75. The molecule has 0 heterocycles. The number of nitrogens with zero attached hydrogens (tertiary/aromatic N) is 1. The fourth-order valence-corrected chi connectivity index (χ4v) is 4.28. The average Bonchev–Trinajstić information content (AvgIpc) is 2.45. The minimum atomic E-state index is -2.83. The van der Waals surface area contributed by atoms with Gasteiger partial charge in [0.05, 0.1) is 6.07 Å². The molecule has 0 aliphatic rings. The summed E-state index contributed by atoms with van der Waals surface area (Å²) in [7, 11) is -2.83. The summed E-state index contributed by atoms with van der Waals surface area (Å²) >= 11 is 0. The fraction of sp³-hybridized carbons (Fsp3) is 0.500. The highest BCUT2D eigenvalue weighted by Crippen LogP contribution is 2.11. The Balaban J connectivity index is 2.84. The Morgan fingerprint density at radius 2 is 1.68 bits per heavy atom. The molecule has 0 spiro atoms. The summed E-state index contributed by atoms with van der Waals surface area (Å²) in [5, 5.41) is 9.53. The summed E-state index contributed by atoms with van der Waals surface area (Å²) in [5.41, 5.74) is 0. The smallest absolute Gasteiger partial charge is 0.370 e. The van der Waals surface area contributed by atoms with Gasteiger partial charge in [-0.15, -0.1) is 0 Å². The van der Waals surface area contributed by atoms with Gasteiger partial charge in [-0.3, -0.25) is 0 Å². The van der Waals surface area contributed by atoms with E-state index < -0.39 is 8.80 Å². The van der Waals surface area contributed by atoms with Gasteiger partial charge in [-0.05, 0) is 20.3 Å². The van der Waals surface area contributed by atoms with E-state index in [1.54, 1.807) is 0 Å². The van der Waals surface area contributed by atoms with E-state index in [2.05, 4.69) is 6.07 Å². The van der Waals surface area contributed by atoms with Gasteiger partial charge in [-0.25, -0.2) is 0 Å². The van der Waals surface area contributed by atoms with Gasteiger partial charge >= 0.3 is 8.80 Å². The van der Waals surface area contributed by atoms with Crippen LogP contribution in [0.5, 0.6) is 0 Å². The van der Waals surface area contributed by atoms with Crippen LogP contribution in [0.4, 0.5) is 0 Å². The minimum Gasteiger partial charge on any atom is -0.370 e. The zero-order chi connectivity index (χ0) is 14.0. The molecule has 1 aromatic carbocycles. The van der Waals surface area contributed by atoms with Crippen molar-refractivity contribution >= 4 is 14.0 Å². The maximum absolute atomic E-state index is 8.56. The predicted octanol–water partition coefficient (Wildman–Crippen LogP) is 2.23. The van der Waals surface area contributed by atoms with Crippen molar-refractivity contribution < 1.29 is 13.3 Å². The maximum atomic E-state index is 8.56. The van der Waals surface area contributed by atoms with E-state index in [1.807, 2.05) is 44.2 Å². The van der Waals surface area contributed by atoms with E-state index in [4.69, 9.17) is 18.5 Å². The predicted molar refractivity (Wildman–Crippen MR) is 75.9 cm³/mol. The first kappa shape index (κ1) is 15.9. The topological polar surface area (TPSA) is 51.5 Å². The molecule has 0 fully saturated rings. The van der Waals surface area contributed by atoms with Crippen LogP contribution in [-0.2, 0) is 13.3 Å². The molecular weight excluding hydrogens is 258 g/mol. The van der Waals surface area contributed by atoms with Gasteiger partial charge in [-0.2, -0.15) is 5.26 Å². The molecule has 104 valence electrons. The lowest BCUT2D eigenvalue weighted by Gasteiger charge is -2.29.